The van der Waals surface area contributed by atoms with Crippen LogP contribution in [-0.4, -0.2) is 23.0 Å². The standard InChI is InChI=1S/C12H9Cl2N3O2/c1-19-12(18)10-5-15-6-11(17-10)16-9-3-2-7(13)4-8(9)14/h2-6H,1H3,(H,16,17). The Bertz CT molecular complexity index is 620. The average molecular weight is 298 g/mol. The molecule has 5 nitrogen and oxygen atoms in total. The zero-order valence-corrected chi connectivity index (χ0v) is 11.4. The van der Waals surface area contributed by atoms with Crippen LogP contribution in [-0.2, 0) is 4.74 Å². The third-order valence-electron chi connectivity index (χ3n) is 2.22. The monoisotopic (exact) mass is 297 g/mol. The highest BCUT2D eigenvalue weighted by molar-refractivity contribution is 6.36. The molecule has 2 rings (SSSR count). The molecule has 1 aromatic heterocycles. The van der Waals surface area contributed by atoms with Gasteiger partial charge in [-0.05, 0) is 18.2 Å². The molecule has 0 radical (unpaired) electrons. The highest BCUT2D eigenvalue weighted by Crippen LogP contribution is 2.27. The number of nitrogens with one attached hydrogen (secondary N) is 1. The lowest BCUT2D eigenvalue weighted by molar-refractivity contribution is 0.0593. The Morgan fingerprint density at radius 1 is 1.32 bits per heavy atom. The molecule has 0 aliphatic rings. The van der Waals surface area contributed by atoms with Gasteiger partial charge in [-0.2, -0.15) is 0 Å². The molecule has 2 aromatic rings. The lowest BCUT2D eigenvalue weighted by Gasteiger charge is -2.08. The molecule has 0 spiro atoms. The average Bonchev–Trinajstić information content (AvgIpc) is 2.41. The Hall–Kier alpha value is -1.85. The van der Waals surface area contributed by atoms with E-state index in [1.165, 1.54) is 19.5 Å². The maximum Gasteiger partial charge on any atom is 0.358 e. The summed E-state index contributed by atoms with van der Waals surface area (Å²) in [7, 11) is 1.28. The molecule has 0 bridgehead atoms. The molecule has 0 atom stereocenters. The van der Waals surface area contributed by atoms with Gasteiger partial charge < -0.3 is 10.1 Å². The van der Waals surface area contributed by atoms with E-state index >= 15 is 0 Å². The fourth-order valence-electron chi connectivity index (χ4n) is 1.36. The van der Waals surface area contributed by atoms with Crippen LogP contribution in [0.5, 0.6) is 0 Å². The largest absolute Gasteiger partial charge is 0.464 e. The smallest absolute Gasteiger partial charge is 0.358 e. The Morgan fingerprint density at radius 3 is 2.79 bits per heavy atom. The van der Waals surface area contributed by atoms with Crippen molar-refractivity contribution in [3.05, 3.63) is 46.3 Å². The molecule has 0 aliphatic carbocycles. The predicted molar refractivity (Wildman–Crippen MR) is 73.1 cm³/mol. The number of methoxy groups -OCH3 is 1. The van der Waals surface area contributed by atoms with Crippen LogP contribution in [0.25, 0.3) is 0 Å². The molecule has 0 aliphatic heterocycles. The Balaban J connectivity index is 2.26. The van der Waals surface area contributed by atoms with E-state index in [2.05, 4.69) is 20.0 Å². The van der Waals surface area contributed by atoms with Crippen LogP contribution in [0.15, 0.2) is 30.6 Å². The maximum absolute atomic E-state index is 11.3. The third-order valence-corrected chi connectivity index (χ3v) is 2.77. The minimum Gasteiger partial charge on any atom is -0.464 e. The van der Waals surface area contributed by atoms with Gasteiger partial charge >= 0.3 is 5.97 Å². The number of aromatic nitrogens is 2. The number of benzene rings is 1. The quantitative estimate of drug-likeness (QED) is 0.881. The van der Waals surface area contributed by atoms with E-state index in [9.17, 15) is 4.79 Å². The summed E-state index contributed by atoms with van der Waals surface area (Å²) in [6.07, 6.45) is 2.79. The number of hydrogen-bond acceptors (Lipinski definition) is 5. The number of anilines is 2. The lowest BCUT2D eigenvalue weighted by Crippen LogP contribution is -2.06. The van der Waals surface area contributed by atoms with Gasteiger partial charge in [0, 0.05) is 5.02 Å². The van der Waals surface area contributed by atoms with Crippen LogP contribution in [0.1, 0.15) is 10.5 Å². The van der Waals surface area contributed by atoms with Crippen LogP contribution in [0, 0.1) is 0 Å². The van der Waals surface area contributed by atoms with Gasteiger partial charge in [-0.25, -0.2) is 9.78 Å². The van der Waals surface area contributed by atoms with Crippen molar-refractivity contribution >= 4 is 40.7 Å². The first kappa shape index (κ1) is 13.6. The highest BCUT2D eigenvalue weighted by atomic mass is 35.5. The molecule has 0 saturated heterocycles. The van der Waals surface area contributed by atoms with Crippen molar-refractivity contribution in [1.82, 2.24) is 9.97 Å². The maximum atomic E-state index is 11.3. The van der Waals surface area contributed by atoms with E-state index in [1.54, 1.807) is 18.2 Å². The van der Waals surface area contributed by atoms with Gasteiger partial charge in [-0.1, -0.05) is 23.2 Å². The predicted octanol–water partition coefficient (Wildman–Crippen LogP) is 3.31. The summed E-state index contributed by atoms with van der Waals surface area (Å²) in [6, 6.07) is 4.99. The molecule has 1 heterocycles. The summed E-state index contributed by atoms with van der Waals surface area (Å²) in [4.78, 5) is 19.3. The van der Waals surface area contributed by atoms with E-state index in [0.29, 0.717) is 21.6 Å². The van der Waals surface area contributed by atoms with Crippen molar-refractivity contribution in [1.29, 1.82) is 0 Å². The molecule has 7 heteroatoms. The first-order chi connectivity index (χ1) is 9.10. The van der Waals surface area contributed by atoms with Gasteiger partial charge in [0.05, 0.1) is 30.2 Å². The van der Waals surface area contributed by atoms with Crippen molar-refractivity contribution in [2.24, 2.45) is 0 Å². The molecule has 19 heavy (non-hydrogen) atoms. The Labute approximate surface area is 119 Å². The first-order valence-corrected chi connectivity index (χ1v) is 5.98. The van der Waals surface area contributed by atoms with Gasteiger partial charge in [0.1, 0.15) is 5.82 Å². The molecule has 0 fully saturated rings. The minimum atomic E-state index is -0.557. The van der Waals surface area contributed by atoms with Gasteiger partial charge in [0.2, 0.25) is 0 Å². The SMILES string of the molecule is COC(=O)c1cncc(Nc2ccc(Cl)cc2Cl)n1. The van der Waals surface area contributed by atoms with Crippen molar-refractivity contribution < 1.29 is 9.53 Å². The third kappa shape index (κ3) is 3.33. The molecular formula is C12H9Cl2N3O2. The second-order valence-corrected chi connectivity index (χ2v) is 4.37. The van der Waals surface area contributed by atoms with E-state index < -0.39 is 5.97 Å². The molecule has 98 valence electrons. The number of rotatable bonds is 3. The van der Waals surface area contributed by atoms with Gasteiger partial charge in [0.15, 0.2) is 5.69 Å². The molecule has 1 aromatic carbocycles. The summed E-state index contributed by atoms with van der Waals surface area (Å²) in [5.74, 6) is -0.175. The summed E-state index contributed by atoms with van der Waals surface area (Å²) in [5, 5.41) is 3.92. The van der Waals surface area contributed by atoms with E-state index in [0.717, 1.165) is 0 Å². The molecule has 0 saturated carbocycles. The van der Waals surface area contributed by atoms with Crippen molar-refractivity contribution in [2.75, 3.05) is 12.4 Å². The van der Waals surface area contributed by atoms with Gasteiger partial charge in [-0.3, -0.25) is 4.98 Å². The first-order valence-electron chi connectivity index (χ1n) is 5.22. The number of hydrogen-bond donors (Lipinski definition) is 1. The van der Waals surface area contributed by atoms with E-state index in [4.69, 9.17) is 23.2 Å². The molecular weight excluding hydrogens is 289 g/mol. The molecule has 0 amide bonds. The number of ether oxygens (including phenoxy) is 1. The topological polar surface area (TPSA) is 64.1 Å². The number of carbonyl (C=O) groups is 1. The zero-order valence-electron chi connectivity index (χ0n) is 9.85. The lowest BCUT2D eigenvalue weighted by atomic mass is 10.3. The van der Waals surface area contributed by atoms with E-state index in [-0.39, 0.29) is 5.69 Å². The van der Waals surface area contributed by atoms with Crippen molar-refractivity contribution in [3.63, 3.8) is 0 Å². The van der Waals surface area contributed by atoms with Crippen LogP contribution < -0.4 is 5.32 Å². The van der Waals surface area contributed by atoms with Crippen LogP contribution >= 0.6 is 23.2 Å². The fourth-order valence-corrected chi connectivity index (χ4v) is 1.81. The van der Waals surface area contributed by atoms with Crippen LogP contribution in [0.4, 0.5) is 11.5 Å². The normalized spacial score (nSPS) is 10.1. The molecule has 1 N–H and O–H groups in total. The van der Waals surface area contributed by atoms with E-state index in [1.807, 2.05) is 0 Å². The van der Waals surface area contributed by atoms with Crippen molar-refractivity contribution in [3.8, 4) is 0 Å². The van der Waals surface area contributed by atoms with Gasteiger partial charge in [-0.15, -0.1) is 0 Å². The van der Waals surface area contributed by atoms with Crippen LogP contribution in [0.3, 0.4) is 0 Å². The molecule has 0 unspecified atom stereocenters. The minimum absolute atomic E-state index is 0.109. The summed E-state index contributed by atoms with van der Waals surface area (Å²) < 4.78 is 4.57. The number of nitrogens with zero attached hydrogens (tertiary/aromatic N) is 2. The fraction of sp³-hybridized carbons (Fsp3) is 0.0833. The van der Waals surface area contributed by atoms with Gasteiger partial charge in [0.25, 0.3) is 0 Å². The number of halogens is 2. The second-order valence-electron chi connectivity index (χ2n) is 3.53. The Morgan fingerprint density at radius 2 is 2.11 bits per heavy atom. The zero-order chi connectivity index (χ0) is 13.8. The Kier molecular flexibility index (Phi) is 4.19. The number of esters is 1. The van der Waals surface area contributed by atoms with Crippen molar-refractivity contribution in [2.45, 2.75) is 0 Å². The van der Waals surface area contributed by atoms with Crippen LogP contribution in [0.2, 0.25) is 10.0 Å². The summed E-state index contributed by atoms with van der Waals surface area (Å²) in [6.45, 7) is 0. The number of carbonyl (C=O) groups excluding carboxylic acids is 1. The summed E-state index contributed by atoms with van der Waals surface area (Å²) >= 11 is 11.8. The summed E-state index contributed by atoms with van der Waals surface area (Å²) in [5.41, 5.74) is 0.722. The highest BCUT2D eigenvalue weighted by Gasteiger charge is 2.09. The second kappa shape index (κ2) is 5.86.